The fourth-order valence-corrected chi connectivity index (χ4v) is 4.47. The molecule has 0 unspecified atom stereocenters. The van der Waals surface area contributed by atoms with Gasteiger partial charge in [0.25, 0.3) is 0 Å². The van der Waals surface area contributed by atoms with Crippen LogP contribution in [-0.2, 0) is 13.1 Å². The molecule has 4 heteroatoms. The molecule has 0 amide bonds. The molecule has 1 fully saturated rings. The predicted octanol–water partition coefficient (Wildman–Crippen LogP) is 5.36. The summed E-state index contributed by atoms with van der Waals surface area (Å²) < 4.78 is 2.16. The number of carboxylic acids is 1. The summed E-state index contributed by atoms with van der Waals surface area (Å²) in [5.74, 6) is -0.822. The van der Waals surface area contributed by atoms with E-state index in [0.29, 0.717) is 24.7 Å². The van der Waals surface area contributed by atoms with E-state index in [1.54, 1.807) is 0 Å². The molecule has 1 heterocycles. The number of nitrogens with zero attached hydrogens (tertiary/aromatic N) is 1. The Hall–Kier alpha value is -2.07. The number of hydrogen-bond donors (Lipinski definition) is 2. The molecule has 1 aliphatic rings. The van der Waals surface area contributed by atoms with Crippen LogP contribution < -0.4 is 5.32 Å². The summed E-state index contributed by atoms with van der Waals surface area (Å²) in [6, 6.07) is 8.97. The number of benzene rings is 1. The number of carbonyl (C=O) groups is 1. The molecule has 0 bridgehead atoms. The van der Waals surface area contributed by atoms with E-state index in [0.717, 1.165) is 17.0 Å². The van der Waals surface area contributed by atoms with Crippen molar-refractivity contribution < 1.29 is 9.90 Å². The number of aryl methyl sites for hydroxylation is 1. The highest BCUT2D eigenvalue weighted by atomic mass is 16.4. The summed E-state index contributed by atoms with van der Waals surface area (Å²) in [6.07, 6.45) is 8.95. The van der Waals surface area contributed by atoms with Gasteiger partial charge in [0.15, 0.2) is 0 Å². The zero-order valence-corrected chi connectivity index (χ0v) is 17.6. The van der Waals surface area contributed by atoms with Gasteiger partial charge in [-0.15, -0.1) is 0 Å². The molecule has 0 spiro atoms. The molecular formula is C24H34N2O2. The molecule has 152 valence electrons. The van der Waals surface area contributed by atoms with Gasteiger partial charge in [-0.2, -0.15) is 0 Å². The van der Waals surface area contributed by atoms with Crippen molar-refractivity contribution in [2.75, 3.05) is 0 Å². The number of aromatic carboxylic acids is 1. The first-order valence-electron chi connectivity index (χ1n) is 10.7. The van der Waals surface area contributed by atoms with E-state index < -0.39 is 5.97 Å². The molecule has 1 saturated carbocycles. The van der Waals surface area contributed by atoms with Gasteiger partial charge in [-0.1, -0.05) is 61.9 Å². The van der Waals surface area contributed by atoms with Gasteiger partial charge in [0.2, 0.25) is 0 Å². The lowest BCUT2D eigenvalue weighted by molar-refractivity contribution is 0.0694. The quantitative estimate of drug-likeness (QED) is 0.707. The van der Waals surface area contributed by atoms with Gasteiger partial charge in [0.1, 0.15) is 0 Å². The van der Waals surface area contributed by atoms with Crippen molar-refractivity contribution in [3.8, 4) is 0 Å². The highest BCUT2D eigenvalue weighted by Crippen LogP contribution is 2.25. The standard InChI is InChI=1S/C24H34N2O2/c1-17-11-13-20(14-12-17)16-26-18(2)22(23(19(26)3)24(27)28)15-25-21-9-7-5-4-6-8-10-21/h11-14,21,25H,4-10,15-16H2,1-3H3,(H,27,28). The predicted molar refractivity (Wildman–Crippen MR) is 114 cm³/mol. The minimum Gasteiger partial charge on any atom is -0.478 e. The lowest BCUT2D eigenvalue weighted by Crippen LogP contribution is -2.30. The maximum atomic E-state index is 12.0. The molecular weight excluding hydrogens is 348 g/mol. The van der Waals surface area contributed by atoms with Crippen LogP contribution in [0.25, 0.3) is 0 Å². The lowest BCUT2D eigenvalue weighted by Gasteiger charge is -2.21. The molecule has 2 N–H and O–H groups in total. The number of aromatic nitrogens is 1. The van der Waals surface area contributed by atoms with Crippen molar-refractivity contribution in [1.29, 1.82) is 0 Å². The van der Waals surface area contributed by atoms with Crippen molar-refractivity contribution in [3.63, 3.8) is 0 Å². The first-order chi connectivity index (χ1) is 13.5. The van der Waals surface area contributed by atoms with Gasteiger partial charge in [-0.25, -0.2) is 4.79 Å². The Morgan fingerprint density at radius 1 is 1.00 bits per heavy atom. The number of nitrogens with one attached hydrogen (secondary N) is 1. The van der Waals surface area contributed by atoms with Crippen LogP contribution in [0.2, 0.25) is 0 Å². The Morgan fingerprint density at radius 2 is 1.61 bits per heavy atom. The normalized spacial score (nSPS) is 16.0. The molecule has 28 heavy (non-hydrogen) atoms. The van der Waals surface area contributed by atoms with Crippen LogP contribution in [0.1, 0.15) is 83.4 Å². The number of carboxylic acid groups (broad SMARTS) is 1. The largest absolute Gasteiger partial charge is 0.478 e. The Bertz CT molecular complexity index is 797. The van der Waals surface area contributed by atoms with Crippen molar-refractivity contribution in [2.24, 2.45) is 0 Å². The lowest BCUT2D eigenvalue weighted by atomic mass is 9.96. The van der Waals surface area contributed by atoms with Gasteiger partial charge in [0.05, 0.1) is 5.56 Å². The van der Waals surface area contributed by atoms with E-state index >= 15 is 0 Å². The molecule has 1 aromatic heterocycles. The van der Waals surface area contributed by atoms with Crippen LogP contribution in [0.15, 0.2) is 24.3 Å². The topological polar surface area (TPSA) is 54.3 Å². The van der Waals surface area contributed by atoms with Gasteiger partial charge < -0.3 is 15.0 Å². The van der Waals surface area contributed by atoms with E-state index in [4.69, 9.17) is 0 Å². The molecule has 4 nitrogen and oxygen atoms in total. The summed E-state index contributed by atoms with van der Waals surface area (Å²) >= 11 is 0. The third-order valence-corrected chi connectivity index (χ3v) is 6.26. The Kier molecular flexibility index (Phi) is 6.95. The Morgan fingerprint density at radius 3 is 2.21 bits per heavy atom. The fourth-order valence-electron chi connectivity index (χ4n) is 4.47. The van der Waals surface area contributed by atoms with Crippen LogP contribution in [0.4, 0.5) is 0 Å². The summed E-state index contributed by atoms with van der Waals surface area (Å²) in [5.41, 5.74) is 5.76. The summed E-state index contributed by atoms with van der Waals surface area (Å²) in [5, 5.41) is 13.5. The van der Waals surface area contributed by atoms with Crippen molar-refractivity contribution in [2.45, 2.75) is 84.8 Å². The molecule has 2 aromatic rings. The molecule has 0 saturated heterocycles. The zero-order valence-electron chi connectivity index (χ0n) is 17.6. The van der Waals surface area contributed by atoms with Crippen LogP contribution >= 0.6 is 0 Å². The third kappa shape index (κ3) is 4.85. The first-order valence-corrected chi connectivity index (χ1v) is 10.7. The number of hydrogen-bond acceptors (Lipinski definition) is 2. The number of rotatable bonds is 6. The fraction of sp³-hybridized carbons (Fsp3) is 0.542. The maximum Gasteiger partial charge on any atom is 0.337 e. The smallest absolute Gasteiger partial charge is 0.337 e. The van der Waals surface area contributed by atoms with Gasteiger partial charge >= 0.3 is 5.97 Å². The molecule has 0 radical (unpaired) electrons. The average Bonchev–Trinajstić information content (AvgIpc) is 2.87. The van der Waals surface area contributed by atoms with Crippen molar-refractivity contribution >= 4 is 5.97 Å². The van der Waals surface area contributed by atoms with E-state index in [2.05, 4.69) is 48.0 Å². The molecule has 0 aliphatic heterocycles. The van der Waals surface area contributed by atoms with Crippen LogP contribution in [-0.4, -0.2) is 21.7 Å². The molecule has 0 atom stereocenters. The van der Waals surface area contributed by atoms with Gasteiger partial charge in [0, 0.05) is 36.1 Å². The Labute approximate surface area is 169 Å². The second kappa shape index (κ2) is 9.42. The van der Waals surface area contributed by atoms with Gasteiger partial charge in [-0.3, -0.25) is 0 Å². The molecule has 3 rings (SSSR count). The van der Waals surface area contributed by atoms with Crippen LogP contribution in [0.5, 0.6) is 0 Å². The van der Waals surface area contributed by atoms with Crippen LogP contribution in [0, 0.1) is 20.8 Å². The first kappa shape index (κ1) is 20.7. The van der Waals surface area contributed by atoms with E-state index in [1.807, 2.05) is 6.92 Å². The summed E-state index contributed by atoms with van der Waals surface area (Å²) in [7, 11) is 0. The zero-order chi connectivity index (χ0) is 20.1. The molecule has 1 aliphatic carbocycles. The van der Waals surface area contributed by atoms with Crippen molar-refractivity contribution in [3.05, 3.63) is 57.9 Å². The molecule has 1 aromatic carbocycles. The minimum atomic E-state index is -0.822. The van der Waals surface area contributed by atoms with Gasteiger partial charge in [-0.05, 0) is 39.2 Å². The van der Waals surface area contributed by atoms with E-state index in [-0.39, 0.29) is 0 Å². The van der Waals surface area contributed by atoms with Crippen molar-refractivity contribution in [1.82, 2.24) is 9.88 Å². The SMILES string of the molecule is Cc1ccc(Cn2c(C)c(CNC3CCCCCCC3)c(C(=O)O)c2C)cc1. The Balaban J connectivity index is 1.81. The van der Waals surface area contributed by atoms with Crippen LogP contribution in [0.3, 0.4) is 0 Å². The van der Waals surface area contributed by atoms with E-state index in [9.17, 15) is 9.90 Å². The highest BCUT2D eigenvalue weighted by molar-refractivity contribution is 5.91. The van der Waals surface area contributed by atoms with E-state index in [1.165, 1.54) is 56.1 Å². The highest BCUT2D eigenvalue weighted by Gasteiger charge is 2.23. The maximum absolute atomic E-state index is 12.0. The second-order valence-electron chi connectivity index (χ2n) is 8.32. The monoisotopic (exact) mass is 382 g/mol. The minimum absolute atomic E-state index is 0.475. The average molecular weight is 383 g/mol. The second-order valence-corrected chi connectivity index (χ2v) is 8.32. The summed E-state index contributed by atoms with van der Waals surface area (Å²) in [6.45, 7) is 7.42. The summed E-state index contributed by atoms with van der Waals surface area (Å²) in [4.78, 5) is 12.0. The third-order valence-electron chi connectivity index (χ3n) is 6.26.